The lowest BCUT2D eigenvalue weighted by molar-refractivity contribution is -0.0206. The standard InChI is InChI=1S/C24H28FNO/c25-22-6-4-17(5-7-22)16-27-23-3-1-2-18(11-23)15-26-24-12-19-8-20(13-24)10-21(9-19)14-24/h1-7,11,19-21,26H,8-10,12-16H2. The van der Waals surface area contributed by atoms with E-state index in [-0.39, 0.29) is 5.82 Å². The zero-order valence-corrected chi connectivity index (χ0v) is 15.8. The van der Waals surface area contributed by atoms with Crippen molar-refractivity contribution in [2.24, 2.45) is 17.8 Å². The van der Waals surface area contributed by atoms with Crippen LogP contribution in [-0.4, -0.2) is 5.54 Å². The maximum Gasteiger partial charge on any atom is 0.123 e. The molecule has 0 heterocycles. The van der Waals surface area contributed by atoms with Crippen LogP contribution in [0, 0.1) is 23.6 Å². The van der Waals surface area contributed by atoms with Gasteiger partial charge in [0.1, 0.15) is 18.2 Å². The summed E-state index contributed by atoms with van der Waals surface area (Å²) in [5.41, 5.74) is 2.65. The van der Waals surface area contributed by atoms with Gasteiger partial charge in [-0.15, -0.1) is 0 Å². The molecule has 0 aliphatic heterocycles. The minimum Gasteiger partial charge on any atom is -0.489 e. The average Bonchev–Trinajstić information content (AvgIpc) is 2.65. The maximum absolute atomic E-state index is 13.0. The van der Waals surface area contributed by atoms with Gasteiger partial charge in [-0.05, 0) is 91.7 Å². The van der Waals surface area contributed by atoms with Crippen LogP contribution >= 0.6 is 0 Å². The molecule has 0 saturated heterocycles. The van der Waals surface area contributed by atoms with Crippen molar-refractivity contribution >= 4 is 0 Å². The molecule has 27 heavy (non-hydrogen) atoms. The first-order valence-corrected chi connectivity index (χ1v) is 10.4. The highest BCUT2D eigenvalue weighted by Gasteiger charge is 2.50. The molecule has 4 aliphatic rings. The minimum absolute atomic E-state index is 0.212. The first kappa shape index (κ1) is 17.2. The Hall–Kier alpha value is -1.87. The third-order valence-electron chi connectivity index (χ3n) is 6.92. The third kappa shape index (κ3) is 3.75. The van der Waals surface area contributed by atoms with E-state index < -0.39 is 0 Å². The highest BCUT2D eigenvalue weighted by atomic mass is 19.1. The summed E-state index contributed by atoms with van der Waals surface area (Å²) in [6, 6.07) is 14.9. The van der Waals surface area contributed by atoms with Gasteiger partial charge >= 0.3 is 0 Å². The van der Waals surface area contributed by atoms with Crippen LogP contribution < -0.4 is 10.1 Å². The van der Waals surface area contributed by atoms with E-state index in [0.717, 1.165) is 35.6 Å². The molecule has 142 valence electrons. The molecule has 2 aromatic rings. The van der Waals surface area contributed by atoms with Crippen molar-refractivity contribution in [1.82, 2.24) is 5.32 Å². The van der Waals surface area contributed by atoms with Gasteiger partial charge in [0.2, 0.25) is 0 Å². The van der Waals surface area contributed by atoms with Crippen molar-refractivity contribution < 1.29 is 9.13 Å². The Morgan fingerprint density at radius 3 is 2.22 bits per heavy atom. The van der Waals surface area contributed by atoms with Crippen molar-refractivity contribution in [3.8, 4) is 5.75 Å². The third-order valence-corrected chi connectivity index (χ3v) is 6.92. The molecule has 2 nitrogen and oxygen atoms in total. The molecule has 0 aromatic heterocycles. The van der Waals surface area contributed by atoms with Gasteiger partial charge in [-0.1, -0.05) is 24.3 Å². The van der Waals surface area contributed by atoms with E-state index in [0.29, 0.717) is 12.1 Å². The van der Waals surface area contributed by atoms with Gasteiger partial charge in [-0.3, -0.25) is 0 Å². The summed E-state index contributed by atoms with van der Waals surface area (Å²) in [5, 5.41) is 3.95. The first-order valence-electron chi connectivity index (χ1n) is 10.4. The second kappa shape index (κ2) is 6.94. The van der Waals surface area contributed by atoms with Crippen LogP contribution in [-0.2, 0) is 13.2 Å². The van der Waals surface area contributed by atoms with E-state index in [9.17, 15) is 4.39 Å². The topological polar surface area (TPSA) is 21.3 Å². The Balaban J connectivity index is 1.20. The van der Waals surface area contributed by atoms with Gasteiger partial charge in [0.05, 0.1) is 0 Å². The smallest absolute Gasteiger partial charge is 0.123 e. The van der Waals surface area contributed by atoms with Crippen LogP contribution in [0.15, 0.2) is 48.5 Å². The lowest BCUT2D eigenvalue weighted by Gasteiger charge is -2.57. The molecule has 4 bridgehead atoms. The molecule has 4 aliphatic carbocycles. The van der Waals surface area contributed by atoms with Gasteiger partial charge in [0.15, 0.2) is 0 Å². The van der Waals surface area contributed by atoms with E-state index in [4.69, 9.17) is 4.74 Å². The van der Waals surface area contributed by atoms with Crippen LogP contribution in [0.2, 0.25) is 0 Å². The number of hydrogen-bond donors (Lipinski definition) is 1. The Kier molecular flexibility index (Phi) is 4.43. The largest absolute Gasteiger partial charge is 0.489 e. The maximum atomic E-state index is 13.0. The van der Waals surface area contributed by atoms with Gasteiger partial charge in [0, 0.05) is 12.1 Å². The summed E-state index contributed by atoms with van der Waals surface area (Å²) in [6.07, 6.45) is 8.56. The highest BCUT2D eigenvalue weighted by Crippen LogP contribution is 2.55. The van der Waals surface area contributed by atoms with Crippen molar-refractivity contribution in [3.63, 3.8) is 0 Å². The molecule has 0 unspecified atom stereocenters. The van der Waals surface area contributed by atoms with Gasteiger partial charge in [0.25, 0.3) is 0 Å². The van der Waals surface area contributed by atoms with Gasteiger partial charge < -0.3 is 10.1 Å². The van der Waals surface area contributed by atoms with Crippen molar-refractivity contribution in [3.05, 3.63) is 65.5 Å². The fourth-order valence-electron chi connectivity index (χ4n) is 6.11. The SMILES string of the molecule is Fc1ccc(COc2cccc(CNC34CC5CC(CC(C5)C3)C4)c2)cc1. The number of benzene rings is 2. The zero-order chi connectivity index (χ0) is 18.3. The lowest BCUT2D eigenvalue weighted by atomic mass is 9.53. The van der Waals surface area contributed by atoms with Gasteiger partial charge in [-0.2, -0.15) is 0 Å². The number of halogens is 1. The Labute approximate surface area is 161 Å². The Morgan fingerprint density at radius 2 is 1.56 bits per heavy atom. The molecule has 2 aromatic carbocycles. The van der Waals surface area contributed by atoms with Crippen molar-refractivity contribution in [2.45, 2.75) is 57.2 Å². The van der Waals surface area contributed by atoms with E-state index in [1.807, 2.05) is 6.07 Å². The number of rotatable bonds is 6. The van der Waals surface area contributed by atoms with Crippen molar-refractivity contribution in [2.75, 3.05) is 0 Å². The van der Waals surface area contributed by atoms with Crippen LogP contribution in [0.1, 0.15) is 49.7 Å². The summed E-state index contributed by atoms with van der Waals surface area (Å²) >= 11 is 0. The molecule has 0 radical (unpaired) electrons. The molecule has 4 saturated carbocycles. The molecule has 1 N–H and O–H groups in total. The van der Waals surface area contributed by atoms with E-state index in [1.165, 1.54) is 56.2 Å². The van der Waals surface area contributed by atoms with Crippen LogP contribution in [0.4, 0.5) is 4.39 Å². The molecule has 0 spiro atoms. The van der Waals surface area contributed by atoms with Crippen molar-refractivity contribution in [1.29, 1.82) is 0 Å². The molecular weight excluding hydrogens is 337 g/mol. The Bertz CT molecular complexity index is 765. The van der Waals surface area contributed by atoms with Crippen LogP contribution in [0.25, 0.3) is 0 Å². The van der Waals surface area contributed by atoms with Gasteiger partial charge in [-0.25, -0.2) is 4.39 Å². The fourth-order valence-corrected chi connectivity index (χ4v) is 6.11. The molecular formula is C24H28FNO. The minimum atomic E-state index is -0.212. The molecule has 6 rings (SSSR count). The predicted molar refractivity (Wildman–Crippen MR) is 105 cm³/mol. The molecule has 0 amide bonds. The normalized spacial score (nSPS) is 31.2. The molecule has 3 heteroatoms. The zero-order valence-electron chi connectivity index (χ0n) is 15.8. The first-order chi connectivity index (χ1) is 13.2. The van der Waals surface area contributed by atoms with Crippen LogP contribution in [0.3, 0.4) is 0 Å². The van der Waals surface area contributed by atoms with E-state index in [2.05, 4.69) is 23.5 Å². The van der Waals surface area contributed by atoms with Crippen LogP contribution in [0.5, 0.6) is 5.75 Å². The fraction of sp³-hybridized carbons (Fsp3) is 0.500. The lowest BCUT2D eigenvalue weighted by Crippen LogP contribution is -2.58. The summed E-state index contributed by atoms with van der Waals surface area (Å²) in [7, 11) is 0. The Morgan fingerprint density at radius 1 is 0.889 bits per heavy atom. The number of nitrogens with one attached hydrogen (secondary N) is 1. The molecule has 0 atom stereocenters. The highest BCUT2D eigenvalue weighted by molar-refractivity contribution is 5.29. The summed E-state index contributed by atoms with van der Waals surface area (Å²) in [6.45, 7) is 1.38. The molecule has 4 fully saturated rings. The van der Waals surface area contributed by atoms with E-state index >= 15 is 0 Å². The average molecular weight is 365 g/mol. The predicted octanol–water partition coefficient (Wildman–Crippen LogP) is 5.46. The number of hydrogen-bond acceptors (Lipinski definition) is 2. The van der Waals surface area contributed by atoms with E-state index in [1.54, 1.807) is 12.1 Å². The summed E-state index contributed by atoms with van der Waals surface area (Å²) in [5.74, 6) is 3.57. The second-order valence-corrected chi connectivity index (χ2v) is 9.11. The second-order valence-electron chi connectivity index (χ2n) is 9.11. The summed E-state index contributed by atoms with van der Waals surface area (Å²) in [4.78, 5) is 0. The monoisotopic (exact) mass is 365 g/mol. The quantitative estimate of drug-likeness (QED) is 0.733. The summed E-state index contributed by atoms with van der Waals surface area (Å²) < 4.78 is 18.9. The number of ether oxygens (including phenoxy) is 1.